The number of methoxy groups -OCH3 is 1. The highest BCUT2D eigenvalue weighted by Crippen LogP contribution is 2.32. The number of esters is 1. The number of phenols is 1. The van der Waals surface area contributed by atoms with Crippen LogP contribution in [0, 0.1) is 27.7 Å². The Balaban J connectivity index is 3.12. The molecule has 0 saturated carbocycles. The quantitative estimate of drug-likeness (QED) is 0.821. The first kappa shape index (κ1) is 13.6. The van der Waals surface area contributed by atoms with E-state index in [-0.39, 0.29) is 5.97 Å². The molecule has 1 N–H and O–H groups in total. The minimum absolute atomic E-state index is 0.202. The van der Waals surface area contributed by atoms with Crippen LogP contribution in [0.5, 0.6) is 5.75 Å². The summed E-state index contributed by atoms with van der Waals surface area (Å²) >= 11 is 0. The lowest BCUT2D eigenvalue weighted by atomic mass is 9.90. The van der Waals surface area contributed by atoms with Crippen molar-refractivity contribution in [2.24, 2.45) is 0 Å². The molecule has 0 aliphatic heterocycles. The van der Waals surface area contributed by atoms with Crippen molar-refractivity contribution >= 4 is 5.97 Å². The third kappa shape index (κ3) is 2.60. The van der Waals surface area contributed by atoms with Gasteiger partial charge in [0.2, 0.25) is 0 Å². The highest BCUT2D eigenvalue weighted by molar-refractivity contribution is 5.70. The van der Waals surface area contributed by atoms with Gasteiger partial charge >= 0.3 is 5.97 Å². The second-order valence-electron chi connectivity index (χ2n) is 4.40. The number of aromatic hydroxyl groups is 1. The Morgan fingerprint density at radius 3 is 1.94 bits per heavy atom. The monoisotopic (exact) mass is 236 g/mol. The molecule has 0 bridgehead atoms. The van der Waals surface area contributed by atoms with Gasteiger partial charge in [0, 0.05) is 6.42 Å². The van der Waals surface area contributed by atoms with Gasteiger partial charge in [0.05, 0.1) is 7.11 Å². The number of phenolic OH excluding ortho intramolecular Hbond substituents is 1. The van der Waals surface area contributed by atoms with E-state index in [2.05, 4.69) is 4.74 Å². The van der Waals surface area contributed by atoms with E-state index in [1.807, 2.05) is 27.7 Å². The summed E-state index contributed by atoms with van der Waals surface area (Å²) in [6, 6.07) is 0. The summed E-state index contributed by atoms with van der Waals surface area (Å²) in [6.07, 6.45) is 1.04. The SMILES string of the molecule is COC(=O)CCc1c(C)c(C)c(O)c(C)c1C. The van der Waals surface area contributed by atoms with Crippen LogP contribution in [0.1, 0.15) is 34.2 Å². The predicted octanol–water partition coefficient (Wildman–Crippen LogP) is 2.73. The van der Waals surface area contributed by atoms with Gasteiger partial charge in [-0.2, -0.15) is 0 Å². The van der Waals surface area contributed by atoms with E-state index in [1.54, 1.807) is 0 Å². The summed E-state index contributed by atoms with van der Waals surface area (Å²) in [5, 5.41) is 9.92. The van der Waals surface area contributed by atoms with Gasteiger partial charge in [-0.15, -0.1) is 0 Å². The zero-order chi connectivity index (χ0) is 13.2. The largest absolute Gasteiger partial charge is 0.507 e. The number of rotatable bonds is 3. The van der Waals surface area contributed by atoms with E-state index in [0.717, 1.165) is 27.8 Å². The van der Waals surface area contributed by atoms with Gasteiger partial charge in [0.15, 0.2) is 0 Å². The van der Waals surface area contributed by atoms with Crippen molar-refractivity contribution in [2.75, 3.05) is 7.11 Å². The lowest BCUT2D eigenvalue weighted by Gasteiger charge is -2.17. The van der Waals surface area contributed by atoms with Crippen LogP contribution in [0.15, 0.2) is 0 Å². The Kier molecular flexibility index (Phi) is 4.16. The van der Waals surface area contributed by atoms with E-state index in [9.17, 15) is 9.90 Å². The first-order valence-corrected chi connectivity index (χ1v) is 5.75. The normalized spacial score (nSPS) is 10.4. The second kappa shape index (κ2) is 5.21. The Labute approximate surface area is 102 Å². The minimum Gasteiger partial charge on any atom is -0.507 e. The van der Waals surface area contributed by atoms with Gasteiger partial charge in [-0.3, -0.25) is 4.79 Å². The third-order valence-corrected chi connectivity index (χ3v) is 3.55. The molecule has 0 aromatic heterocycles. The van der Waals surface area contributed by atoms with Crippen LogP contribution in [0.2, 0.25) is 0 Å². The molecule has 0 spiro atoms. The minimum atomic E-state index is -0.202. The van der Waals surface area contributed by atoms with Crippen LogP contribution in [0.3, 0.4) is 0 Å². The molecule has 0 amide bonds. The Morgan fingerprint density at radius 1 is 1.06 bits per heavy atom. The van der Waals surface area contributed by atoms with Gasteiger partial charge in [-0.25, -0.2) is 0 Å². The number of ether oxygens (including phenoxy) is 1. The Morgan fingerprint density at radius 2 is 1.53 bits per heavy atom. The van der Waals surface area contributed by atoms with Crippen molar-refractivity contribution in [3.8, 4) is 5.75 Å². The summed E-state index contributed by atoms with van der Waals surface area (Å²) in [6.45, 7) is 7.76. The van der Waals surface area contributed by atoms with Gasteiger partial charge in [-0.1, -0.05) is 0 Å². The van der Waals surface area contributed by atoms with E-state index in [0.29, 0.717) is 18.6 Å². The molecule has 0 atom stereocenters. The number of benzene rings is 1. The van der Waals surface area contributed by atoms with Crippen molar-refractivity contribution < 1.29 is 14.6 Å². The van der Waals surface area contributed by atoms with Crippen LogP contribution in [0.4, 0.5) is 0 Å². The first-order valence-electron chi connectivity index (χ1n) is 5.75. The summed E-state index contributed by atoms with van der Waals surface area (Å²) in [7, 11) is 1.40. The summed E-state index contributed by atoms with van der Waals surface area (Å²) in [4.78, 5) is 11.2. The van der Waals surface area contributed by atoms with Crippen molar-refractivity contribution in [2.45, 2.75) is 40.5 Å². The van der Waals surface area contributed by atoms with Crippen LogP contribution < -0.4 is 0 Å². The second-order valence-corrected chi connectivity index (χ2v) is 4.40. The summed E-state index contributed by atoms with van der Waals surface area (Å²) < 4.78 is 4.65. The fraction of sp³-hybridized carbons (Fsp3) is 0.500. The number of carbonyl (C=O) groups is 1. The van der Waals surface area contributed by atoms with E-state index in [4.69, 9.17) is 0 Å². The fourth-order valence-corrected chi connectivity index (χ4v) is 2.07. The highest BCUT2D eigenvalue weighted by Gasteiger charge is 2.14. The molecular formula is C14H20O3. The lowest BCUT2D eigenvalue weighted by molar-refractivity contribution is -0.140. The van der Waals surface area contributed by atoms with Crippen molar-refractivity contribution in [3.63, 3.8) is 0 Å². The smallest absolute Gasteiger partial charge is 0.305 e. The molecule has 0 heterocycles. The topological polar surface area (TPSA) is 46.5 Å². The molecule has 3 nitrogen and oxygen atoms in total. The van der Waals surface area contributed by atoms with E-state index >= 15 is 0 Å². The zero-order valence-corrected chi connectivity index (χ0v) is 11.2. The van der Waals surface area contributed by atoms with E-state index < -0.39 is 0 Å². The molecule has 0 saturated heterocycles. The number of hydrogen-bond donors (Lipinski definition) is 1. The zero-order valence-electron chi connectivity index (χ0n) is 11.2. The standard InChI is InChI=1S/C14H20O3/c1-8-10(3)14(16)11(4)9(2)12(8)6-7-13(15)17-5/h16H,6-7H2,1-5H3. The first-order chi connectivity index (χ1) is 7.90. The molecule has 1 aromatic rings. The average molecular weight is 236 g/mol. The van der Waals surface area contributed by atoms with Crippen LogP contribution in [-0.4, -0.2) is 18.2 Å². The molecule has 94 valence electrons. The van der Waals surface area contributed by atoms with Crippen LogP contribution in [0.25, 0.3) is 0 Å². The Hall–Kier alpha value is -1.51. The number of carbonyl (C=O) groups excluding carboxylic acids is 1. The molecule has 1 rings (SSSR count). The summed E-state index contributed by atoms with van der Waals surface area (Å²) in [5.41, 5.74) is 5.06. The predicted molar refractivity (Wildman–Crippen MR) is 67.4 cm³/mol. The number of hydrogen-bond acceptors (Lipinski definition) is 3. The van der Waals surface area contributed by atoms with Gasteiger partial charge in [0.1, 0.15) is 5.75 Å². The molecule has 3 heteroatoms. The molecule has 0 fully saturated rings. The van der Waals surface area contributed by atoms with Crippen LogP contribution in [-0.2, 0) is 16.0 Å². The maximum atomic E-state index is 11.2. The molecule has 17 heavy (non-hydrogen) atoms. The van der Waals surface area contributed by atoms with Gasteiger partial charge in [0.25, 0.3) is 0 Å². The highest BCUT2D eigenvalue weighted by atomic mass is 16.5. The van der Waals surface area contributed by atoms with E-state index in [1.165, 1.54) is 7.11 Å². The Bertz CT molecular complexity index is 418. The molecular weight excluding hydrogens is 216 g/mol. The molecule has 0 unspecified atom stereocenters. The molecule has 0 radical (unpaired) electrons. The molecule has 0 aliphatic rings. The van der Waals surface area contributed by atoms with Gasteiger partial charge < -0.3 is 9.84 Å². The fourth-order valence-electron chi connectivity index (χ4n) is 2.07. The molecule has 0 aliphatic carbocycles. The van der Waals surface area contributed by atoms with Crippen molar-refractivity contribution in [1.29, 1.82) is 0 Å². The van der Waals surface area contributed by atoms with Crippen LogP contribution >= 0.6 is 0 Å². The van der Waals surface area contributed by atoms with Crippen molar-refractivity contribution in [3.05, 3.63) is 27.8 Å². The molecule has 1 aromatic carbocycles. The lowest BCUT2D eigenvalue weighted by Crippen LogP contribution is -2.06. The van der Waals surface area contributed by atoms with Gasteiger partial charge in [-0.05, 0) is 61.9 Å². The maximum absolute atomic E-state index is 11.2. The summed E-state index contributed by atoms with van der Waals surface area (Å²) in [5.74, 6) is 0.161. The average Bonchev–Trinajstić information content (AvgIpc) is 2.33. The maximum Gasteiger partial charge on any atom is 0.305 e. The van der Waals surface area contributed by atoms with Crippen molar-refractivity contribution in [1.82, 2.24) is 0 Å². The third-order valence-electron chi connectivity index (χ3n) is 3.55.